The van der Waals surface area contributed by atoms with Crippen molar-refractivity contribution in [1.29, 1.82) is 0 Å². The van der Waals surface area contributed by atoms with Gasteiger partial charge in [0, 0.05) is 16.5 Å². The average Bonchev–Trinajstić information content (AvgIpc) is 2.83. The molecule has 0 unspecified atom stereocenters. The number of halogens is 1. The molecule has 0 fully saturated rings. The average molecular weight is 536 g/mol. The number of aromatic nitrogens is 2. The molecule has 0 aliphatic heterocycles. The van der Waals surface area contributed by atoms with Crippen LogP contribution in [0.1, 0.15) is 38.6 Å². The van der Waals surface area contributed by atoms with Crippen LogP contribution in [0, 0.1) is 0 Å². The van der Waals surface area contributed by atoms with Gasteiger partial charge in [-0.25, -0.2) is 9.78 Å². The highest BCUT2D eigenvalue weighted by Crippen LogP contribution is 2.27. The van der Waals surface area contributed by atoms with Gasteiger partial charge in [-0.05, 0) is 55.3 Å². The Balaban J connectivity index is 1.81. The summed E-state index contributed by atoms with van der Waals surface area (Å²) >= 11 is 3.43. The van der Waals surface area contributed by atoms with Crippen molar-refractivity contribution < 1.29 is 14.3 Å². The van der Waals surface area contributed by atoms with Crippen molar-refractivity contribution in [3.05, 3.63) is 80.8 Å². The van der Waals surface area contributed by atoms with Crippen molar-refractivity contribution in [2.75, 3.05) is 6.61 Å². The molecule has 1 aromatic heterocycles. The Morgan fingerprint density at radius 1 is 1.14 bits per heavy atom. The summed E-state index contributed by atoms with van der Waals surface area (Å²) in [5.41, 5.74) is 1.04. The monoisotopic (exact) mass is 535 g/mol. The van der Waals surface area contributed by atoms with Crippen molar-refractivity contribution >= 4 is 49.8 Å². The summed E-state index contributed by atoms with van der Waals surface area (Å²) in [5.74, 6) is 0.586. The summed E-state index contributed by atoms with van der Waals surface area (Å²) in [5, 5.41) is 6.90. The second-order valence-electron chi connectivity index (χ2n) is 8.33. The van der Waals surface area contributed by atoms with Gasteiger partial charge < -0.3 is 9.47 Å². The Morgan fingerprint density at radius 3 is 2.71 bits per heavy atom. The Bertz CT molecular complexity index is 1480. The number of hydrogen-bond acceptors (Lipinski definition) is 6. The molecule has 0 aliphatic carbocycles. The minimum atomic E-state index is -0.457. The summed E-state index contributed by atoms with van der Waals surface area (Å²) in [4.78, 5) is 30.1. The standard InChI is InChI=1S/C27H26BrN3O4/c1-4-7-25-30-23-12-11-19(28)14-21(23)27(33)31(25)29-15-22-20-9-6-5-8-18(20)10-13-24(22)34-16-26(32)35-17(2)3/h5-6,8-15,17H,4,7,16H2,1-3H3. The number of ether oxygens (including phenoxy) is 2. The molecule has 0 aliphatic rings. The molecule has 0 bridgehead atoms. The number of aryl methyl sites for hydroxylation is 1. The summed E-state index contributed by atoms with van der Waals surface area (Å²) in [6.45, 7) is 5.37. The van der Waals surface area contributed by atoms with Gasteiger partial charge in [-0.3, -0.25) is 4.79 Å². The summed E-state index contributed by atoms with van der Waals surface area (Å²) in [7, 11) is 0. The highest BCUT2D eigenvalue weighted by atomic mass is 79.9. The molecule has 180 valence electrons. The van der Waals surface area contributed by atoms with E-state index >= 15 is 0 Å². The van der Waals surface area contributed by atoms with Gasteiger partial charge in [0.05, 0.1) is 23.2 Å². The zero-order chi connectivity index (χ0) is 24.9. The van der Waals surface area contributed by atoms with Crippen LogP contribution in [0.3, 0.4) is 0 Å². The van der Waals surface area contributed by atoms with E-state index in [-0.39, 0.29) is 18.3 Å². The van der Waals surface area contributed by atoms with Gasteiger partial charge in [0.15, 0.2) is 6.61 Å². The number of esters is 1. The number of benzene rings is 3. The molecular formula is C27H26BrN3O4. The molecule has 4 rings (SSSR count). The van der Waals surface area contributed by atoms with Gasteiger partial charge in [-0.1, -0.05) is 53.2 Å². The lowest BCUT2D eigenvalue weighted by Gasteiger charge is -2.13. The second-order valence-corrected chi connectivity index (χ2v) is 9.24. The van der Waals surface area contributed by atoms with E-state index in [1.54, 1.807) is 32.2 Å². The summed E-state index contributed by atoms with van der Waals surface area (Å²) < 4.78 is 13.1. The van der Waals surface area contributed by atoms with E-state index in [1.165, 1.54) is 4.68 Å². The third-order valence-electron chi connectivity index (χ3n) is 5.29. The molecule has 0 saturated heterocycles. The van der Waals surface area contributed by atoms with Crippen molar-refractivity contribution in [2.24, 2.45) is 5.10 Å². The van der Waals surface area contributed by atoms with Crippen LogP contribution in [0.4, 0.5) is 0 Å². The van der Waals surface area contributed by atoms with Crippen LogP contribution >= 0.6 is 15.9 Å². The van der Waals surface area contributed by atoms with Gasteiger partial charge in [0.25, 0.3) is 5.56 Å². The molecule has 4 aromatic rings. The quantitative estimate of drug-likeness (QED) is 0.220. The molecule has 3 aromatic carbocycles. The van der Waals surface area contributed by atoms with Crippen LogP contribution in [0.2, 0.25) is 0 Å². The van der Waals surface area contributed by atoms with Gasteiger partial charge in [0.2, 0.25) is 0 Å². The van der Waals surface area contributed by atoms with Crippen molar-refractivity contribution in [3.8, 4) is 5.75 Å². The Hall–Kier alpha value is -3.52. The minimum absolute atomic E-state index is 0.229. The van der Waals surface area contributed by atoms with Crippen molar-refractivity contribution in [3.63, 3.8) is 0 Å². The Labute approximate surface area is 211 Å². The zero-order valence-electron chi connectivity index (χ0n) is 19.8. The molecule has 0 amide bonds. The lowest BCUT2D eigenvalue weighted by molar-refractivity contribution is -0.149. The van der Waals surface area contributed by atoms with Crippen LogP contribution in [0.15, 0.2) is 69.0 Å². The van der Waals surface area contributed by atoms with E-state index in [2.05, 4.69) is 26.0 Å². The van der Waals surface area contributed by atoms with Crippen molar-refractivity contribution in [2.45, 2.75) is 39.7 Å². The number of hydrogen-bond donors (Lipinski definition) is 0. The highest BCUT2D eigenvalue weighted by molar-refractivity contribution is 9.10. The normalized spacial score (nSPS) is 11.6. The SMILES string of the molecule is CCCc1nc2ccc(Br)cc2c(=O)n1N=Cc1c(OCC(=O)OC(C)C)ccc2ccccc12. The van der Waals surface area contributed by atoms with E-state index in [1.807, 2.05) is 49.4 Å². The number of nitrogens with zero attached hydrogens (tertiary/aromatic N) is 3. The molecule has 7 nitrogen and oxygen atoms in total. The van der Waals surface area contributed by atoms with Gasteiger partial charge in [-0.15, -0.1) is 0 Å². The molecule has 0 atom stereocenters. The maximum Gasteiger partial charge on any atom is 0.344 e. The largest absolute Gasteiger partial charge is 0.481 e. The smallest absolute Gasteiger partial charge is 0.344 e. The topological polar surface area (TPSA) is 82.8 Å². The van der Waals surface area contributed by atoms with E-state index in [9.17, 15) is 9.59 Å². The van der Waals surface area contributed by atoms with Crippen molar-refractivity contribution in [1.82, 2.24) is 9.66 Å². The molecular weight excluding hydrogens is 510 g/mol. The minimum Gasteiger partial charge on any atom is -0.481 e. The first-order valence-corrected chi connectivity index (χ1v) is 12.3. The lowest BCUT2D eigenvalue weighted by Crippen LogP contribution is -2.22. The molecule has 0 saturated carbocycles. The number of carbonyl (C=O) groups is 1. The molecule has 0 radical (unpaired) electrons. The molecule has 35 heavy (non-hydrogen) atoms. The first kappa shape index (κ1) is 24.6. The Kier molecular flexibility index (Phi) is 7.60. The highest BCUT2D eigenvalue weighted by Gasteiger charge is 2.14. The summed E-state index contributed by atoms with van der Waals surface area (Å²) in [6.07, 6.45) is 2.77. The molecule has 0 spiro atoms. The molecule has 8 heteroatoms. The zero-order valence-corrected chi connectivity index (χ0v) is 21.4. The fraction of sp³-hybridized carbons (Fsp3) is 0.259. The lowest BCUT2D eigenvalue weighted by atomic mass is 10.0. The first-order chi connectivity index (χ1) is 16.9. The van der Waals surface area contributed by atoms with Crippen LogP contribution < -0.4 is 10.3 Å². The van der Waals surface area contributed by atoms with Gasteiger partial charge >= 0.3 is 5.97 Å². The van der Waals surface area contributed by atoms with Gasteiger partial charge in [-0.2, -0.15) is 9.78 Å². The fourth-order valence-corrected chi connectivity index (χ4v) is 4.14. The number of rotatable bonds is 8. The maximum absolute atomic E-state index is 13.4. The number of carbonyl (C=O) groups excluding carboxylic acids is 1. The van der Waals surface area contributed by atoms with E-state index in [4.69, 9.17) is 9.47 Å². The predicted octanol–water partition coefficient (Wildman–Crippen LogP) is 5.48. The first-order valence-electron chi connectivity index (χ1n) is 11.5. The van der Waals surface area contributed by atoms with Crippen LogP contribution in [-0.4, -0.2) is 34.6 Å². The molecule has 0 N–H and O–H groups in total. The van der Waals surface area contributed by atoms with E-state index < -0.39 is 5.97 Å². The maximum atomic E-state index is 13.4. The van der Waals surface area contributed by atoms with Crippen LogP contribution in [-0.2, 0) is 16.0 Å². The Morgan fingerprint density at radius 2 is 1.94 bits per heavy atom. The third-order valence-corrected chi connectivity index (χ3v) is 5.79. The van der Waals surface area contributed by atoms with Crippen LogP contribution in [0.5, 0.6) is 5.75 Å². The predicted molar refractivity (Wildman–Crippen MR) is 141 cm³/mol. The van der Waals surface area contributed by atoms with E-state index in [0.717, 1.165) is 21.7 Å². The van der Waals surface area contributed by atoms with Crippen LogP contribution in [0.25, 0.3) is 21.7 Å². The fourth-order valence-electron chi connectivity index (χ4n) is 3.78. The number of fused-ring (bicyclic) bond motifs is 2. The summed E-state index contributed by atoms with van der Waals surface area (Å²) in [6, 6.07) is 16.9. The molecule has 1 heterocycles. The second kappa shape index (κ2) is 10.8. The van der Waals surface area contributed by atoms with Gasteiger partial charge in [0.1, 0.15) is 11.6 Å². The third kappa shape index (κ3) is 5.59. The van der Waals surface area contributed by atoms with E-state index in [0.29, 0.717) is 34.5 Å².